The maximum atomic E-state index is 13.6. The van der Waals surface area contributed by atoms with Crippen molar-refractivity contribution in [3.05, 3.63) is 64.3 Å². The molecule has 0 N–H and O–H groups in total. The van der Waals surface area contributed by atoms with Crippen LogP contribution in [-0.2, 0) is 9.59 Å². The Bertz CT molecular complexity index is 1010. The van der Waals surface area contributed by atoms with Crippen LogP contribution in [0.1, 0.15) is 30.4 Å². The van der Waals surface area contributed by atoms with Gasteiger partial charge in [0.15, 0.2) is 0 Å². The fraction of sp³-hybridized carbons (Fsp3) is 0.304. The van der Waals surface area contributed by atoms with Gasteiger partial charge in [0.05, 0.1) is 18.4 Å². The highest BCUT2D eigenvalue weighted by atomic mass is 35.5. The Morgan fingerprint density at radius 2 is 1.66 bits per heavy atom. The van der Waals surface area contributed by atoms with Gasteiger partial charge in [0.25, 0.3) is 11.8 Å². The maximum absolute atomic E-state index is 13.6. The zero-order valence-electron chi connectivity index (χ0n) is 16.6. The van der Waals surface area contributed by atoms with E-state index in [1.165, 1.54) is 4.90 Å². The minimum absolute atomic E-state index is 0.303. The number of amides is 2. The van der Waals surface area contributed by atoms with Gasteiger partial charge < -0.3 is 9.64 Å². The van der Waals surface area contributed by atoms with Crippen LogP contribution in [0.4, 0.5) is 5.69 Å². The molecule has 0 radical (unpaired) electrons. The van der Waals surface area contributed by atoms with E-state index in [0.717, 1.165) is 32.4 Å². The molecule has 29 heavy (non-hydrogen) atoms. The molecule has 2 aliphatic heterocycles. The summed E-state index contributed by atoms with van der Waals surface area (Å²) in [6, 6.07) is 12.6. The van der Waals surface area contributed by atoms with Gasteiger partial charge in [-0.2, -0.15) is 0 Å². The number of hydrogen-bond donors (Lipinski definition) is 0. The second kappa shape index (κ2) is 7.91. The molecule has 2 aromatic carbocycles. The molecule has 2 heterocycles. The SMILES string of the molecule is COc1ccccc1C1=C(N2CCCCC2)C(=O)N(c2cccc(Cl)c2C)C1=O. The largest absolute Gasteiger partial charge is 0.496 e. The Morgan fingerprint density at radius 3 is 2.38 bits per heavy atom. The van der Waals surface area contributed by atoms with Crippen molar-refractivity contribution in [1.29, 1.82) is 0 Å². The number of halogens is 1. The first-order valence-corrected chi connectivity index (χ1v) is 10.2. The molecule has 2 aromatic rings. The summed E-state index contributed by atoms with van der Waals surface area (Å²) in [4.78, 5) is 30.5. The second-order valence-electron chi connectivity index (χ2n) is 7.30. The lowest BCUT2D eigenvalue weighted by Crippen LogP contribution is -2.37. The highest BCUT2D eigenvalue weighted by molar-refractivity contribution is 6.46. The van der Waals surface area contributed by atoms with Crippen LogP contribution in [0.5, 0.6) is 5.75 Å². The molecule has 0 bridgehead atoms. The number of rotatable bonds is 4. The van der Waals surface area contributed by atoms with Crippen LogP contribution in [0, 0.1) is 6.92 Å². The highest BCUT2D eigenvalue weighted by Gasteiger charge is 2.44. The average molecular weight is 411 g/mol. The Labute approximate surface area is 175 Å². The van der Waals surface area contributed by atoms with Gasteiger partial charge in [-0.25, -0.2) is 4.90 Å². The van der Waals surface area contributed by atoms with Crippen LogP contribution in [0.25, 0.3) is 5.57 Å². The van der Waals surface area contributed by atoms with Crippen molar-refractivity contribution in [1.82, 2.24) is 4.90 Å². The summed E-state index contributed by atoms with van der Waals surface area (Å²) in [5.41, 5.74) is 2.71. The summed E-state index contributed by atoms with van der Waals surface area (Å²) >= 11 is 6.28. The molecule has 0 unspecified atom stereocenters. The summed E-state index contributed by atoms with van der Waals surface area (Å²) in [5.74, 6) is -0.0727. The number of benzene rings is 2. The van der Waals surface area contributed by atoms with Crippen molar-refractivity contribution in [2.45, 2.75) is 26.2 Å². The van der Waals surface area contributed by atoms with E-state index in [1.54, 1.807) is 31.4 Å². The quantitative estimate of drug-likeness (QED) is 0.700. The Kier molecular flexibility index (Phi) is 5.33. The average Bonchev–Trinajstić information content (AvgIpc) is 3.00. The van der Waals surface area contributed by atoms with Gasteiger partial charge in [-0.1, -0.05) is 35.9 Å². The lowest BCUT2D eigenvalue weighted by atomic mass is 10.0. The van der Waals surface area contributed by atoms with Crippen molar-refractivity contribution < 1.29 is 14.3 Å². The van der Waals surface area contributed by atoms with E-state index in [4.69, 9.17) is 16.3 Å². The van der Waals surface area contributed by atoms with Crippen LogP contribution in [0.15, 0.2) is 48.2 Å². The monoisotopic (exact) mass is 410 g/mol. The fourth-order valence-corrected chi connectivity index (χ4v) is 4.25. The van der Waals surface area contributed by atoms with E-state index in [-0.39, 0.29) is 11.8 Å². The minimum Gasteiger partial charge on any atom is -0.496 e. The first-order valence-electron chi connectivity index (χ1n) is 9.81. The van der Waals surface area contributed by atoms with E-state index in [2.05, 4.69) is 0 Å². The molecule has 0 spiro atoms. The fourth-order valence-electron chi connectivity index (χ4n) is 4.08. The molecule has 5 nitrogen and oxygen atoms in total. The van der Waals surface area contributed by atoms with Crippen molar-refractivity contribution in [2.24, 2.45) is 0 Å². The third kappa shape index (κ3) is 3.29. The number of hydrogen-bond acceptors (Lipinski definition) is 4. The predicted octanol–water partition coefficient (Wildman–Crippen LogP) is 4.43. The molecule has 150 valence electrons. The van der Waals surface area contributed by atoms with Gasteiger partial charge in [-0.05, 0) is 49.9 Å². The molecule has 2 amide bonds. The molecular weight excluding hydrogens is 388 g/mol. The van der Waals surface area contributed by atoms with Crippen molar-refractivity contribution in [3.63, 3.8) is 0 Å². The lowest BCUT2D eigenvalue weighted by molar-refractivity contribution is -0.120. The topological polar surface area (TPSA) is 49.9 Å². The van der Waals surface area contributed by atoms with Gasteiger partial charge in [0.2, 0.25) is 0 Å². The minimum atomic E-state index is -0.342. The first-order chi connectivity index (χ1) is 14.0. The van der Waals surface area contributed by atoms with Crippen LogP contribution in [0.3, 0.4) is 0 Å². The zero-order valence-corrected chi connectivity index (χ0v) is 17.3. The van der Waals surface area contributed by atoms with E-state index in [0.29, 0.717) is 38.9 Å². The molecule has 1 fully saturated rings. The van der Waals surface area contributed by atoms with E-state index < -0.39 is 0 Å². The van der Waals surface area contributed by atoms with Crippen LogP contribution in [0.2, 0.25) is 5.02 Å². The number of piperidine rings is 1. The number of ether oxygens (including phenoxy) is 1. The normalized spacial score (nSPS) is 17.3. The molecule has 0 saturated carbocycles. The third-order valence-corrected chi connectivity index (χ3v) is 6.00. The lowest BCUT2D eigenvalue weighted by Gasteiger charge is -2.30. The summed E-state index contributed by atoms with van der Waals surface area (Å²) < 4.78 is 5.50. The Balaban J connectivity index is 1.89. The second-order valence-corrected chi connectivity index (χ2v) is 7.71. The number of likely N-dealkylation sites (tertiary alicyclic amines) is 1. The van der Waals surface area contributed by atoms with E-state index in [9.17, 15) is 9.59 Å². The molecule has 2 aliphatic rings. The number of nitrogens with zero attached hydrogens (tertiary/aromatic N) is 2. The van der Waals surface area contributed by atoms with Crippen molar-refractivity contribution in [3.8, 4) is 5.75 Å². The predicted molar refractivity (Wildman–Crippen MR) is 114 cm³/mol. The van der Waals surface area contributed by atoms with Crippen LogP contribution in [-0.4, -0.2) is 36.9 Å². The summed E-state index contributed by atoms with van der Waals surface area (Å²) in [7, 11) is 1.57. The first kappa shape index (κ1) is 19.5. The maximum Gasteiger partial charge on any atom is 0.282 e. The third-order valence-electron chi connectivity index (χ3n) is 5.59. The molecular formula is C23H23ClN2O3. The molecule has 0 aromatic heterocycles. The number of anilines is 1. The Hall–Kier alpha value is -2.79. The number of carbonyl (C=O) groups excluding carboxylic acids is 2. The molecule has 4 rings (SSSR count). The summed E-state index contributed by atoms with van der Waals surface area (Å²) in [5, 5.41) is 0.522. The summed E-state index contributed by atoms with van der Waals surface area (Å²) in [6.45, 7) is 3.34. The molecule has 0 atom stereocenters. The zero-order chi connectivity index (χ0) is 20.5. The smallest absolute Gasteiger partial charge is 0.282 e. The Morgan fingerprint density at radius 1 is 0.931 bits per heavy atom. The standard InChI is InChI=1S/C23H23ClN2O3/c1-15-17(24)10-8-11-18(15)26-22(27)20(16-9-4-5-12-19(16)29-2)21(23(26)28)25-13-6-3-7-14-25/h4-5,8-12H,3,6-7,13-14H2,1-2H3. The van der Waals surface area contributed by atoms with E-state index in [1.807, 2.05) is 30.0 Å². The highest BCUT2D eigenvalue weighted by Crippen LogP contribution is 2.40. The van der Waals surface area contributed by atoms with Gasteiger partial charge in [-0.3, -0.25) is 9.59 Å². The van der Waals surface area contributed by atoms with Gasteiger partial charge in [0.1, 0.15) is 11.4 Å². The van der Waals surface area contributed by atoms with Gasteiger partial charge >= 0.3 is 0 Å². The van der Waals surface area contributed by atoms with E-state index >= 15 is 0 Å². The van der Waals surface area contributed by atoms with Crippen LogP contribution >= 0.6 is 11.6 Å². The molecule has 1 saturated heterocycles. The van der Waals surface area contributed by atoms with Gasteiger partial charge in [-0.15, -0.1) is 0 Å². The molecule has 6 heteroatoms. The number of methoxy groups -OCH3 is 1. The van der Waals surface area contributed by atoms with Crippen LogP contribution < -0.4 is 9.64 Å². The van der Waals surface area contributed by atoms with Crippen molar-refractivity contribution >= 4 is 34.7 Å². The summed E-state index contributed by atoms with van der Waals surface area (Å²) in [6.07, 6.45) is 3.13. The number of carbonyl (C=O) groups is 2. The van der Waals surface area contributed by atoms with Gasteiger partial charge in [0, 0.05) is 23.7 Å². The number of imide groups is 1. The number of para-hydroxylation sites is 1. The molecule has 0 aliphatic carbocycles. The van der Waals surface area contributed by atoms with Crippen molar-refractivity contribution in [2.75, 3.05) is 25.1 Å².